The summed E-state index contributed by atoms with van der Waals surface area (Å²) >= 11 is 0. The molecule has 43 heavy (non-hydrogen) atoms. The number of nitrogens with zero attached hydrogens (tertiary/aromatic N) is 2. The molecule has 0 spiro atoms. The summed E-state index contributed by atoms with van der Waals surface area (Å²) in [5, 5.41) is 5.43. The Hall–Kier alpha value is -5.12. The van der Waals surface area contributed by atoms with Crippen molar-refractivity contribution in [3.05, 3.63) is 146 Å². The summed E-state index contributed by atoms with van der Waals surface area (Å²) in [6.07, 6.45) is 0. The molecule has 0 bridgehead atoms. The van der Waals surface area contributed by atoms with Gasteiger partial charge in [0.05, 0.1) is 11.4 Å². The Morgan fingerprint density at radius 3 is 1.67 bits per heavy atom. The SMILES string of the molecule is C[Si]1(C)c2c(-c3ccccc3)nc(-c3cccc(-c4cccc(-c5ccccc5)c4)c3)nc2-c2ccc3ccccc3c21. The molecule has 8 rings (SSSR count). The number of benzene rings is 6. The molecule has 1 aliphatic rings. The molecule has 3 heteroatoms. The molecule has 204 valence electrons. The van der Waals surface area contributed by atoms with Gasteiger partial charge in [0.1, 0.15) is 8.07 Å². The molecule has 1 aliphatic heterocycles. The van der Waals surface area contributed by atoms with E-state index in [1.165, 1.54) is 43.4 Å². The van der Waals surface area contributed by atoms with Gasteiger partial charge in [0, 0.05) is 16.7 Å². The molecule has 0 fully saturated rings. The lowest BCUT2D eigenvalue weighted by Gasteiger charge is -2.23. The second kappa shape index (κ2) is 10.0. The first-order valence-electron chi connectivity index (χ1n) is 14.8. The monoisotopic (exact) mass is 566 g/mol. The molecule has 1 aromatic heterocycles. The molecule has 2 heterocycles. The second-order valence-corrected chi connectivity index (χ2v) is 16.1. The standard InChI is InChI=1S/C40H30N2Si/c1-43(2)38-34-22-10-9-15-28(34)23-24-35(38)37-39(43)36(29-16-7-4-8-17-29)41-40(42-37)33-21-12-20-32(26-33)31-19-11-18-30(25-31)27-13-5-3-6-14-27/h3-26H,1-2H3. The minimum absolute atomic E-state index is 0.768. The highest BCUT2D eigenvalue weighted by atomic mass is 28.3. The van der Waals surface area contributed by atoms with Crippen molar-refractivity contribution < 1.29 is 0 Å². The molecular weight excluding hydrogens is 537 g/mol. The van der Waals surface area contributed by atoms with Crippen molar-refractivity contribution in [3.63, 3.8) is 0 Å². The smallest absolute Gasteiger partial charge is 0.160 e. The van der Waals surface area contributed by atoms with Gasteiger partial charge < -0.3 is 0 Å². The normalized spacial score (nSPS) is 13.1. The van der Waals surface area contributed by atoms with Crippen LogP contribution in [0, 0.1) is 0 Å². The van der Waals surface area contributed by atoms with E-state index in [4.69, 9.17) is 9.97 Å². The minimum Gasteiger partial charge on any atom is -0.228 e. The van der Waals surface area contributed by atoms with Gasteiger partial charge in [-0.05, 0) is 55.5 Å². The predicted molar refractivity (Wildman–Crippen MR) is 183 cm³/mol. The molecule has 2 nitrogen and oxygen atoms in total. The van der Waals surface area contributed by atoms with E-state index in [0.29, 0.717) is 0 Å². The zero-order valence-electron chi connectivity index (χ0n) is 24.3. The third kappa shape index (κ3) is 4.24. The third-order valence-corrected chi connectivity index (χ3v) is 12.3. The number of hydrogen-bond acceptors (Lipinski definition) is 2. The summed E-state index contributed by atoms with van der Waals surface area (Å²) in [5.74, 6) is 0.768. The van der Waals surface area contributed by atoms with Crippen molar-refractivity contribution in [2.24, 2.45) is 0 Å². The van der Waals surface area contributed by atoms with Crippen LogP contribution in [-0.4, -0.2) is 18.0 Å². The summed E-state index contributed by atoms with van der Waals surface area (Å²) in [5.41, 5.74) is 10.3. The minimum atomic E-state index is -2.12. The van der Waals surface area contributed by atoms with Crippen molar-refractivity contribution in [1.82, 2.24) is 9.97 Å². The van der Waals surface area contributed by atoms with Crippen LogP contribution in [-0.2, 0) is 0 Å². The lowest BCUT2D eigenvalue weighted by molar-refractivity contribution is 1.20. The van der Waals surface area contributed by atoms with E-state index in [-0.39, 0.29) is 0 Å². The van der Waals surface area contributed by atoms with Gasteiger partial charge in [-0.3, -0.25) is 0 Å². The van der Waals surface area contributed by atoms with Gasteiger partial charge >= 0.3 is 0 Å². The van der Waals surface area contributed by atoms with Gasteiger partial charge in [0.2, 0.25) is 0 Å². The summed E-state index contributed by atoms with van der Waals surface area (Å²) in [4.78, 5) is 10.7. The van der Waals surface area contributed by atoms with E-state index in [0.717, 1.165) is 33.9 Å². The average molecular weight is 567 g/mol. The van der Waals surface area contributed by atoms with Crippen molar-refractivity contribution >= 4 is 29.2 Å². The van der Waals surface area contributed by atoms with Crippen molar-refractivity contribution in [2.75, 3.05) is 0 Å². The van der Waals surface area contributed by atoms with Gasteiger partial charge in [-0.2, -0.15) is 0 Å². The topological polar surface area (TPSA) is 25.8 Å². The van der Waals surface area contributed by atoms with E-state index in [9.17, 15) is 0 Å². The average Bonchev–Trinajstić information content (AvgIpc) is 3.31. The molecule has 0 radical (unpaired) electrons. The van der Waals surface area contributed by atoms with E-state index in [1.54, 1.807) is 0 Å². The molecule has 6 aromatic carbocycles. The maximum Gasteiger partial charge on any atom is 0.160 e. The number of rotatable bonds is 4. The van der Waals surface area contributed by atoms with Crippen LogP contribution in [0.4, 0.5) is 0 Å². The maximum absolute atomic E-state index is 5.38. The van der Waals surface area contributed by atoms with Crippen LogP contribution < -0.4 is 10.4 Å². The Bertz CT molecular complexity index is 2150. The highest BCUT2D eigenvalue weighted by molar-refractivity contribution is 7.05. The number of hydrogen-bond donors (Lipinski definition) is 0. The van der Waals surface area contributed by atoms with Crippen molar-refractivity contribution in [2.45, 2.75) is 13.1 Å². The lowest BCUT2D eigenvalue weighted by Crippen LogP contribution is -2.50. The van der Waals surface area contributed by atoms with Gasteiger partial charge in [-0.15, -0.1) is 0 Å². The van der Waals surface area contributed by atoms with Crippen LogP contribution in [0.2, 0.25) is 13.1 Å². The molecule has 0 N–H and O–H groups in total. The summed E-state index contributed by atoms with van der Waals surface area (Å²) < 4.78 is 0. The highest BCUT2D eigenvalue weighted by Gasteiger charge is 2.43. The van der Waals surface area contributed by atoms with E-state index < -0.39 is 8.07 Å². The van der Waals surface area contributed by atoms with Gasteiger partial charge in [-0.1, -0.05) is 147 Å². The Morgan fingerprint density at radius 2 is 0.953 bits per heavy atom. The molecule has 0 amide bonds. The summed E-state index contributed by atoms with van der Waals surface area (Å²) in [6, 6.07) is 51.9. The van der Waals surface area contributed by atoms with Crippen LogP contribution in [0.15, 0.2) is 146 Å². The second-order valence-electron chi connectivity index (χ2n) is 11.8. The zero-order chi connectivity index (χ0) is 29.0. The molecule has 0 saturated heterocycles. The largest absolute Gasteiger partial charge is 0.228 e. The van der Waals surface area contributed by atoms with Gasteiger partial charge in [-0.25, -0.2) is 9.97 Å². The molecule has 0 atom stereocenters. The van der Waals surface area contributed by atoms with Crippen LogP contribution in [0.3, 0.4) is 0 Å². The first kappa shape index (κ1) is 25.6. The highest BCUT2D eigenvalue weighted by Crippen LogP contribution is 2.36. The maximum atomic E-state index is 5.38. The van der Waals surface area contributed by atoms with Gasteiger partial charge in [0.15, 0.2) is 5.82 Å². The summed E-state index contributed by atoms with van der Waals surface area (Å²) in [7, 11) is -2.12. The molecule has 0 unspecified atom stereocenters. The first-order valence-corrected chi connectivity index (χ1v) is 17.8. The number of fused-ring (bicyclic) bond motifs is 5. The van der Waals surface area contributed by atoms with E-state index in [1.807, 2.05) is 0 Å². The Morgan fingerprint density at radius 1 is 0.419 bits per heavy atom. The molecule has 7 aromatic rings. The van der Waals surface area contributed by atoms with Gasteiger partial charge in [0.25, 0.3) is 0 Å². The quantitative estimate of drug-likeness (QED) is 0.199. The van der Waals surface area contributed by atoms with Crippen LogP contribution in [0.25, 0.3) is 66.9 Å². The molecule has 0 aliphatic carbocycles. The fraction of sp³-hybridized carbons (Fsp3) is 0.0500. The van der Waals surface area contributed by atoms with E-state index in [2.05, 4.69) is 159 Å². The lowest BCUT2D eigenvalue weighted by atomic mass is 9.97. The van der Waals surface area contributed by atoms with Crippen LogP contribution >= 0.6 is 0 Å². The Kier molecular flexibility index (Phi) is 5.95. The summed E-state index contributed by atoms with van der Waals surface area (Å²) in [6.45, 7) is 4.92. The van der Waals surface area contributed by atoms with Crippen molar-refractivity contribution in [1.29, 1.82) is 0 Å². The third-order valence-electron chi connectivity index (χ3n) is 8.81. The van der Waals surface area contributed by atoms with Crippen molar-refractivity contribution in [3.8, 4) is 56.2 Å². The predicted octanol–water partition coefficient (Wildman–Crippen LogP) is 9.10. The fourth-order valence-electron chi connectivity index (χ4n) is 6.80. The van der Waals surface area contributed by atoms with E-state index >= 15 is 0 Å². The fourth-order valence-corrected chi connectivity index (χ4v) is 10.4. The van der Waals surface area contributed by atoms with Crippen LogP contribution in [0.5, 0.6) is 0 Å². The van der Waals surface area contributed by atoms with Crippen LogP contribution in [0.1, 0.15) is 0 Å². The molecule has 0 saturated carbocycles. The molecular formula is C40H30N2Si. The first-order chi connectivity index (χ1) is 21.1. The zero-order valence-corrected chi connectivity index (χ0v) is 25.3. The Labute approximate surface area is 253 Å². The Balaban J connectivity index is 1.32. The number of aromatic nitrogens is 2.